The number of carbonyl (C=O) groups is 1. The van der Waals surface area contributed by atoms with Gasteiger partial charge in [-0.3, -0.25) is 4.79 Å². The smallest absolute Gasteiger partial charge is 0.272 e. The Bertz CT molecular complexity index is 1200. The number of hydrogen-bond donors (Lipinski definition) is 2. The van der Waals surface area contributed by atoms with Crippen LogP contribution in [0.5, 0.6) is 0 Å². The van der Waals surface area contributed by atoms with Crippen LogP contribution < -0.4 is 10.2 Å². The van der Waals surface area contributed by atoms with Gasteiger partial charge in [-0.25, -0.2) is 15.0 Å². The minimum Gasteiger partial charge on any atom is -0.362 e. The fourth-order valence-corrected chi connectivity index (χ4v) is 3.41. The Morgan fingerprint density at radius 3 is 2.69 bits per heavy atom. The molecule has 0 spiro atoms. The quantitative estimate of drug-likeness (QED) is 0.541. The van der Waals surface area contributed by atoms with Gasteiger partial charge in [-0.1, -0.05) is 0 Å². The topological polar surface area (TPSA) is 95.0 Å². The molecule has 2 N–H and O–H groups in total. The van der Waals surface area contributed by atoms with Gasteiger partial charge in [0, 0.05) is 26.8 Å². The molecule has 4 rings (SSSR count). The molecule has 0 saturated carbocycles. The first-order chi connectivity index (χ1) is 13.8. The maximum absolute atomic E-state index is 12.9. The van der Waals surface area contributed by atoms with Gasteiger partial charge < -0.3 is 24.7 Å². The highest BCUT2D eigenvalue weighted by molar-refractivity contribution is 6.07. The van der Waals surface area contributed by atoms with E-state index in [1.54, 1.807) is 4.57 Å². The first kappa shape index (κ1) is 18.9. The molecule has 0 aliphatic rings. The summed E-state index contributed by atoms with van der Waals surface area (Å²) in [5.41, 5.74) is 3.69. The summed E-state index contributed by atoms with van der Waals surface area (Å²) in [5, 5.41) is 3.81. The van der Waals surface area contributed by atoms with E-state index in [1.807, 2.05) is 69.3 Å². The summed E-state index contributed by atoms with van der Waals surface area (Å²) in [6.07, 6.45) is 1.51. The molecule has 9 nitrogen and oxygen atoms in total. The lowest BCUT2D eigenvalue weighted by Gasteiger charge is -2.11. The number of H-pyrrole nitrogens is 1. The number of nitrogens with zero attached hydrogens (tertiary/aromatic N) is 6. The molecule has 1 amide bonds. The molecular formula is C20H24N8O. The lowest BCUT2D eigenvalue weighted by molar-refractivity contribution is 0.101. The van der Waals surface area contributed by atoms with Gasteiger partial charge in [0.2, 0.25) is 0 Å². The normalized spacial score (nSPS) is 11.5. The van der Waals surface area contributed by atoms with Crippen LogP contribution in [0.3, 0.4) is 0 Å². The molecule has 0 unspecified atom stereocenters. The van der Waals surface area contributed by atoms with Crippen molar-refractivity contribution in [3.05, 3.63) is 42.1 Å². The number of amides is 1. The number of aryl methyl sites for hydroxylation is 1. The predicted molar refractivity (Wildman–Crippen MR) is 114 cm³/mol. The Kier molecular flexibility index (Phi) is 4.67. The summed E-state index contributed by atoms with van der Waals surface area (Å²) >= 11 is 0. The van der Waals surface area contributed by atoms with Crippen LogP contribution in [0.2, 0.25) is 0 Å². The van der Waals surface area contributed by atoms with E-state index in [0.29, 0.717) is 17.0 Å². The largest absolute Gasteiger partial charge is 0.362 e. The molecule has 0 aliphatic carbocycles. The molecule has 3 aromatic heterocycles. The van der Waals surface area contributed by atoms with Gasteiger partial charge in [-0.15, -0.1) is 0 Å². The third-order valence-electron chi connectivity index (χ3n) is 4.71. The molecule has 0 aliphatic heterocycles. The molecule has 1 aromatic carbocycles. The highest BCUT2D eigenvalue weighted by atomic mass is 16.1. The number of anilines is 2. The second kappa shape index (κ2) is 7.17. The summed E-state index contributed by atoms with van der Waals surface area (Å²) in [6.45, 7) is 0.724. The molecule has 9 heteroatoms. The van der Waals surface area contributed by atoms with Crippen LogP contribution in [-0.2, 0) is 13.6 Å². The summed E-state index contributed by atoms with van der Waals surface area (Å²) in [6, 6.07) is 7.48. The van der Waals surface area contributed by atoms with Gasteiger partial charge in [0.1, 0.15) is 29.3 Å². The number of nitrogens with one attached hydrogen (secondary N) is 2. The predicted octanol–water partition coefficient (Wildman–Crippen LogP) is 2.22. The van der Waals surface area contributed by atoms with Crippen LogP contribution >= 0.6 is 0 Å². The summed E-state index contributed by atoms with van der Waals surface area (Å²) in [4.78, 5) is 33.4. The monoisotopic (exact) mass is 392 g/mol. The van der Waals surface area contributed by atoms with Crippen molar-refractivity contribution in [2.75, 3.05) is 38.4 Å². The third kappa shape index (κ3) is 3.52. The van der Waals surface area contributed by atoms with Crippen molar-refractivity contribution in [3.63, 3.8) is 0 Å². The van der Waals surface area contributed by atoms with Crippen LogP contribution in [0.25, 0.3) is 22.1 Å². The van der Waals surface area contributed by atoms with Gasteiger partial charge in [0.25, 0.3) is 5.91 Å². The van der Waals surface area contributed by atoms with Gasteiger partial charge in [-0.05, 0) is 38.4 Å². The van der Waals surface area contributed by atoms with Gasteiger partial charge >= 0.3 is 0 Å². The average molecular weight is 392 g/mol. The third-order valence-corrected chi connectivity index (χ3v) is 4.71. The maximum atomic E-state index is 12.9. The van der Waals surface area contributed by atoms with Crippen molar-refractivity contribution >= 4 is 39.5 Å². The summed E-state index contributed by atoms with van der Waals surface area (Å²) in [7, 11) is 9.65. The van der Waals surface area contributed by atoms with Crippen molar-refractivity contribution in [1.29, 1.82) is 0 Å². The molecule has 150 valence electrons. The fraction of sp³-hybridized carbons (Fsp3) is 0.300. The molecule has 0 radical (unpaired) electrons. The molecule has 0 saturated heterocycles. The Morgan fingerprint density at radius 2 is 1.97 bits per heavy atom. The molecule has 4 aromatic rings. The minimum absolute atomic E-state index is 0.206. The lowest BCUT2D eigenvalue weighted by Crippen LogP contribution is -2.15. The van der Waals surface area contributed by atoms with E-state index in [0.717, 1.165) is 34.6 Å². The Hall–Kier alpha value is -3.46. The minimum atomic E-state index is -0.206. The first-order valence-corrected chi connectivity index (χ1v) is 9.26. The van der Waals surface area contributed by atoms with Crippen molar-refractivity contribution < 1.29 is 4.79 Å². The van der Waals surface area contributed by atoms with Crippen LogP contribution in [0, 0.1) is 0 Å². The van der Waals surface area contributed by atoms with E-state index < -0.39 is 0 Å². The fourth-order valence-electron chi connectivity index (χ4n) is 3.41. The molecule has 29 heavy (non-hydrogen) atoms. The summed E-state index contributed by atoms with van der Waals surface area (Å²) in [5.74, 6) is 1.46. The van der Waals surface area contributed by atoms with Crippen LogP contribution in [0.4, 0.5) is 11.5 Å². The zero-order valence-electron chi connectivity index (χ0n) is 17.2. The zero-order valence-corrected chi connectivity index (χ0v) is 17.2. The number of benzene rings is 1. The van der Waals surface area contributed by atoms with Gasteiger partial charge in [-0.2, -0.15) is 0 Å². The molecule has 0 bridgehead atoms. The second-order valence-corrected chi connectivity index (χ2v) is 7.52. The van der Waals surface area contributed by atoms with E-state index in [4.69, 9.17) is 0 Å². The number of fused-ring (bicyclic) bond motifs is 2. The molecular weight excluding hydrogens is 368 g/mol. The Balaban J connectivity index is 1.64. The average Bonchev–Trinajstić information content (AvgIpc) is 3.21. The SMILES string of the molecule is CN(C)Cc1nc2ccc(NC(=O)c3cc4c(N(C)C)ncnc4n3C)cc2[nH]1. The van der Waals surface area contributed by atoms with Crippen molar-refractivity contribution in [2.24, 2.45) is 7.05 Å². The van der Waals surface area contributed by atoms with Crippen molar-refractivity contribution in [2.45, 2.75) is 6.54 Å². The van der Waals surface area contributed by atoms with E-state index in [9.17, 15) is 4.79 Å². The number of rotatable bonds is 5. The van der Waals surface area contributed by atoms with E-state index in [1.165, 1.54) is 6.33 Å². The lowest BCUT2D eigenvalue weighted by atomic mass is 10.2. The van der Waals surface area contributed by atoms with Crippen LogP contribution in [-0.4, -0.2) is 63.5 Å². The second-order valence-electron chi connectivity index (χ2n) is 7.52. The highest BCUT2D eigenvalue weighted by Gasteiger charge is 2.18. The first-order valence-electron chi connectivity index (χ1n) is 9.26. The van der Waals surface area contributed by atoms with E-state index in [2.05, 4.69) is 25.3 Å². The van der Waals surface area contributed by atoms with Crippen molar-refractivity contribution in [1.82, 2.24) is 29.4 Å². The van der Waals surface area contributed by atoms with Crippen LogP contribution in [0.15, 0.2) is 30.6 Å². The number of imidazole rings is 1. The molecule has 0 fully saturated rings. The van der Waals surface area contributed by atoms with E-state index >= 15 is 0 Å². The number of carbonyl (C=O) groups excluding carboxylic acids is 1. The maximum Gasteiger partial charge on any atom is 0.272 e. The number of aromatic amines is 1. The summed E-state index contributed by atoms with van der Waals surface area (Å²) < 4.78 is 1.78. The highest BCUT2D eigenvalue weighted by Crippen LogP contribution is 2.25. The Labute approximate surface area is 168 Å². The van der Waals surface area contributed by atoms with E-state index in [-0.39, 0.29) is 5.91 Å². The molecule has 0 atom stereocenters. The van der Waals surface area contributed by atoms with Crippen LogP contribution in [0.1, 0.15) is 16.3 Å². The molecule has 3 heterocycles. The van der Waals surface area contributed by atoms with Gasteiger partial charge in [0.05, 0.1) is 23.0 Å². The Morgan fingerprint density at radius 1 is 1.17 bits per heavy atom. The van der Waals surface area contributed by atoms with Gasteiger partial charge in [0.15, 0.2) is 0 Å². The standard InChI is InChI=1S/C20H24N8O/c1-26(2)10-17-24-14-7-6-12(8-15(14)25-17)23-20(29)16-9-13-18(27(3)4)21-11-22-19(13)28(16)5/h6-9,11H,10H2,1-5H3,(H,23,29)(H,24,25). The number of aromatic nitrogens is 5. The van der Waals surface area contributed by atoms with Crippen molar-refractivity contribution in [3.8, 4) is 0 Å². The number of hydrogen-bond acceptors (Lipinski definition) is 6. The zero-order chi connectivity index (χ0) is 20.7.